The number of aromatic nitrogens is 2. The molecule has 1 atom stereocenters. The Morgan fingerprint density at radius 3 is 2.71 bits per heavy atom. The van der Waals surface area contributed by atoms with E-state index in [0.29, 0.717) is 0 Å². The van der Waals surface area contributed by atoms with E-state index in [1.165, 1.54) is 4.90 Å². The van der Waals surface area contributed by atoms with Crippen LogP contribution in [-0.2, 0) is 7.05 Å². The summed E-state index contributed by atoms with van der Waals surface area (Å²) in [7, 11) is 1.92. The Bertz CT molecular complexity index is 455. The second-order valence-electron chi connectivity index (χ2n) is 3.72. The highest BCUT2D eigenvalue weighted by atomic mass is 32.2. The van der Waals surface area contributed by atoms with E-state index in [2.05, 4.69) is 22.7 Å². The molecule has 2 aromatic rings. The average molecular weight is 248 g/mol. The van der Waals surface area contributed by atoms with Crippen LogP contribution in [0.15, 0.2) is 47.5 Å². The van der Waals surface area contributed by atoms with Crippen molar-refractivity contribution in [3.63, 3.8) is 0 Å². The SMILES string of the molecule is Cn1nccc1C(CSc1ccccc1)NN. The predicted octanol–water partition coefficient (Wildman–Crippen LogP) is 1.72. The van der Waals surface area contributed by atoms with Gasteiger partial charge in [-0.3, -0.25) is 16.0 Å². The van der Waals surface area contributed by atoms with Gasteiger partial charge in [-0.15, -0.1) is 11.8 Å². The second kappa shape index (κ2) is 5.86. The van der Waals surface area contributed by atoms with Crippen LogP contribution < -0.4 is 11.3 Å². The van der Waals surface area contributed by atoms with E-state index in [0.717, 1.165) is 11.4 Å². The molecule has 2 rings (SSSR count). The van der Waals surface area contributed by atoms with Gasteiger partial charge >= 0.3 is 0 Å². The van der Waals surface area contributed by atoms with Gasteiger partial charge in [-0.05, 0) is 18.2 Å². The Kier molecular flexibility index (Phi) is 4.19. The fourth-order valence-corrected chi connectivity index (χ4v) is 2.62. The quantitative estimate of drug-likeness (QED) is 0.480. The fraction of sp³-hybridized carbons (Fsp3) is 0.250. The number of nitrogens with one attached hydrogen (secondary N) is 1. The molecule has 0 aliphatic rings. The first-order chi connectivity index (χ1) is 8.31. The van der Waals surface area contributed by atoms with Crippen molar-refractivity contribution in [1.82, 2.24) is 15.2 Å². The maximum absolute atomic E-state index is 5.59. The molecule has 17 heavy (non-hydrogen) atoms. The molecule has 1 aromatic heterocycles. The van der Waals surface area contributed by atoms with Crippen molar-refractivity contribution in [1.29, 1.82) is 0 Å². The van der Waals surface area contributed by atoms with E-state index < -0.39 is 0 Å². The molecule has 1 heterocycles. The lowest BCUT2D eigenvalue weighted by Gasteiger charge is -2.15. The van der Waals surface area contributed by atoms with Crippen molar-refractivity contribution in [2.24, 2.45) is 12.9 Å². The minimum absolute atomic E-state index is 0.104. The number of hydrogen-bond donors (Lipinski definition) is 2. The largest absolute Gasteiger partial charge is 0.271 e. The molecule has 0 radical (unpaired) electrons. The molecule has 0 spiro atoms. The molecule has 0 saturated carbocycles. The standard InChI is InChI=1S/C12H16N4S/c1-16-12(7-8-14-16)11(15-13)9-17-10-5-3-2-4-6-10/h2-8,11,15H,9,13H2,1H3. The van der Waals surface area contributed by atoms with Crippen molar-refractivity contribution < 1.29 is 0 Å². The van der Waals surface area contributed by atoms with Crippen LogP contribution in [0.25, 0.3) is 0 Å². The molecule has 5 heteroatoms. The van der Waals surface area contributed by atoms with Crippen molar-refractivity contribution >= 4 is 11.8 Å². The predicted molar refractivity (Wildman–Crippen MR) is 70.4 cm³/mol. The molecule has 4 nitrogen and oxygen atoms in total. The molecule has 0 aliphatic heterocycles. The minimum atomic E-state index is 0.104. The third-order valence-corrected chi connectivity index (χ3v) is 3.68. The zero-order chi connectivity index (χ0) is 12.1. The molecular weight excluding hydrogens is 232 g/mol. The van der Waals surface area contributed by atoms with Gasteiger partial charge < -0.3 is 0 Å². The highest BCUT2D eigenvalue weighted by Crippen LogP contribution is 2.23. The summed E-state index contributed by atoms with van der Waals surface area (Å²) in [6.07, 6.45) is 1.78. The molecule has 3 N–H and O–H groups in total. The van der Waals surface area contributed by atoms with Gasteiger partial charge in [0.05, 0.1) is 11.7 Å². The Labute approximate surface area is 105 Å². The number of aryl methyl sites for hydroxylation is 1. The molecule has 90 valence electrons. The van der Waals surface area contributed by atoms with Crippen LogP contribution in [0.4, 0.5) is 0 Å². The smallest absolute Gasteiger partial charge is 0.0722 e. The molecule has 1 aromatic carbocycles. The third kappa shape index (κ3) is 3.09. The van der Waals surface area contributed by atoms with Crippen LogP contribution in [0.1, 0.15) is 11.7 Å². The summed E-state index contributed by atoms with van der Waals surface area (Å²) in [4.78, 5) is 1.25. The Balaban J connectivity index is 2.00. The van der Waals surface area contributed by atoms with Crippen molar-refractivity contribution in [3.05, 3.63) is 48.3 Å². The van der Waals surface area contributed by atoms with Gasteiger partial charge in [0.1, 0.15) is 0 Å². The van der Waals surface area contributed by atoms with Gasteiger partial charge in [0, 0.05) is 23.9 Å². The van der Waals surface area contributed by atoms with Gasteiger partial charge in [-0.2, -0.15) is 5.10 Å². The van der Waals surface area contributed by atoms with Crippen molar-refractivity contribution in [2.45, 2.75) is 10.9 Å². The van der Waals surface area contributed by atoms with E-state index >= 15 is 0 Å². The number of nitrogens with zero attached hydrogens (tertiary/aromatic N) is 2. The van der Waals surface area contributed by atoms with E-state index in [4.69, 9.17) is 5.84 Å². The normalized spacial score (nSPS) is 12.6. The van der Waals surface area contributed by atoms with Gasteiger partial charge in [-0.1, -0.05) is 18.2 Å². The zero-order valence-electron chi connectivity index (χ0n) is 9.71. The van der Waals surface area contributed by atoms with Crippen LogP contribution in [0.2, 0.25) is 0 Å². The summed E-state index contributed by atoms with van der Waals surface area (Å²) in [5.41, 5.74) is 3.93. The van der Waals surface area contributed by atoms with Crippen LogP contribution in [0.3, 0.4) is 0 Å². The lowest BCUT2D eigenvalue weighted by molar-refractivity contribution is 0.554. The molecule has 0 amide bonds. The Hall–Kier alpha value is -1.30. The number of hydrazine groups is 1. The van der Waals surface area contributed by atoms with Crippen LogP contribution in [0.5, 0.6) is 0 Å². The Morgan fingerprint density at radius 2 is 2.12 bits per heavy atom. The van der Waals surface area contributed by atoms with E-state index in [1.54, 1.807) is 18.0 Å². The maximum Gasteiger partial charge on any atom is 0.0722 e. The second-order valence-corrected chi connectivity index (χ2v) is 4.82. The minimum Gasteiger partial charge on any atom is -0.271 e. The van der Waals surface area contributed by atoms with Crippen LogP contribution in [0, 0.1) is 0 Å². The number of rotatable bonds is 5. The van der Waals surface area contributed by atoms with Crippen molar-refractivity contribution in [3.8, 4) is 0 Å². The van der Waals surface area contributed by atoms with Crippen molar-refractivity contribution in [2.75, 3.05) is 5.75 Å². The highest BCUT2D eigenvalue weighted by molar-refractivity contribution is 7.99. The van der Waals surface area contributed by atoms with Gasteiger partial charge in [0.15, 0.2) is 0 Å². The first-order valence-electron chi connectivity index (χ1n) is 5.43. The van der Waals surface area contributed by atoms with Gasteiger partial charge in [-0.25, -0.2) is 0 Å². The van der Waals surface area contributed by atoms with Gasteiger partial charge in [0.2, 0.25) is 0 Å². The topological polar surface area (TPSA) is 55.9 Å². The van der Waals surface area contributed by atoms with E-state index in [-0.39, 0.29) is 6.04 Å². The van der Waals surface area contributed by atoms with Gasteiger partial charge in [0.25, 0.3) is 0 Å². The number of benzene rings is 1. The maximum atomic E-state index is 5.59. The number of thioether (sulfide) groups is 1. The summed E-state index contributed by atoms with van der Waals surface area (Å²) in [5.74, 6) is 6.47. The average Bonchev–Trinajstić information content (AvgIpc) is 2.78. The molecule has 1 unspecified atom stereocenters. The lowest BCUT2D eigenvalue weighted by Crippen LogP contribution is -2.31. The molecule has 0 aliphatic carbocycles. The van der Waals surface area contributed by atoms with E-state index in [9.17, 15) is 0 Å². The molecule has 0 bridgehead atoms. The molecular formula is C12H16N4S. The summed E-state index contributed by atoms with van der Waals surface area (Å²) in [5, 5.41) is 4.15. The molecule has 0 saturated heterocycles. The first-order valence-corrected chi connectivity index (χ1v) is 6.41. The lowest BCUT2D eigenvalue weighted by atomic mass is 10.2. The summed E-state index contributed by atoms with van der Waals surface area (Å²) in [6.45, 7) is 0. The molecule has 0 fully saturated rings. The summed E-state index contributed by atoms with van der Waals surface area (Å²) < 4.78 is 1.84. The van der Waals surface area contributed by atoms with Crippen LogP contribution in [-0.4, -0.2) is 15.5 Å². The van der Waals surface area contributed by atoms with E-state index in [1.807, 2.05) is 36.0 Å². The third-order valence-electron chi connectivity index (χ3n) is 2.58. The summed E-state index contributed by atoms with van der Waals surface area (Å²) >= 11 is 1.78. The summed E-state index contributed by atoms with van der Waals surface area (Å²) in [6, 6.07) is 12.4. The highest BCUT2D eigenvalue weighted by Gasteiger charge is 2.13. The first kappa shape index (κ1) is 12.2. The zero-order valence-corrected chi connectivity index (χ0v) is 10.5. The van der Waals surface area contributed by atoms with Crippen LogP contribution >= 0.6 is 11.8 Å². The number of hydrogen-bond acceptors (Lipinski definition) is 4. The monoisotopic (exact) mass is 248 g/mol. The Morgan fingerprint density at radius 1 is 1.35 bits per heavy atom. The fourth-order valence-electron chi connectivity index (χ4n) is 1.64. The number of nitrogens with two attached hydrogens (primary N) is 1.